The van der Waals surface area contributed by atoms with E-state index in [4.69, 9.17) is 34.8 Å². The third kappa shape index (κ3) is 3.73. The Kier molecular flexibility index (Phi) is 4.46. The third-order valence-electron chi connectivity index (χ3n) is 2.23. The Morgan fingerprint density at radius 3 is 2.30 bits per heavy atom. The summed E-state index contributed by atoms with van der Waals surface area (Å²) in [5.74, 6) is -0.0749. The van der Waals surface area contributed by atoms with Crippen LogP contribution in [-0.2, 0) is 13.8 Å². The summed E-state index contributed by atoms with van der Waals surface area (Å²) in [6.07, 6.45) is 0. The van der Waals surface area contributed by atoms with E-state index in [0.717, 1.165) is 17.1 Å². The SMILES string of the molecule is Cc1ccc(S(=O)(=O)Nc2nc(C(Cl)(Cl)Cl)ns2)cc1. The number of sulfonamides is 1. The normalized spacial score (nSPS) is 12.4. The zero-order valence-electron chi connectivity index (χ0n) is 9.97. The molecule has 1 N–H and O–H groups in total. The van der Waals surface area contributed by atoms with Crippen LogP contribution in [-0.4, -0.2) is 17.8 Å². The van der Waals surface area contributed by atoms with Crippen molar-refractivity contribution in [2.24, 2.45) is 0 Å². The molecule has 0 atom stereocenters. The molecule has 0 bridgehead atoms. The lowest BCUT2D eigenvalue weighted by molar-refractivity contribution is 0.601. The number of alkyl halides is 3. The number of hydrogen-bond acceptors (Lipinski definition) is 5. The molecule has 0 saturated heterocycles. The van der Waals surface area contributed by atoms with Gasteiger partial charge < -0.3 is 0 Å². The van der Waals surface area contributed by atoms with Crippen LogP contribution in [0.2, 0.25) is 0 Å². The van der Waals surface area contributed by atoms with Gasteiger partial charge in [0.05, 0.1) is 4.90 Å². The maximum absolute atomic E-state index is 12.1. The summed E-state index contributed by atoms with van der Waals surface area (Å²) in [5, 5.41) is 0.0342. The van der Waals surface area contributed by atoms with Gasteiger partial charge in [0.25, 0.3) is 13.8 Å². The fraction of sp³-hybridized carbons (Fsp3) is 0.200. The maximum atomic E-state index is 12.1. The van der Waals surface area contributed by atoms with Gasteiger partial charge in [-0.1, -0.05) is 52.5 Å². The number of benzene rings is 1. The molecular formula is C10H8Cl3N3O2S2. The van der Waals surface area contributed by atoms with Crippen molar-refractivity contribution in [1.82, 2.24) is 9.36 Å². The lowest BCUT2D eigenvalue weighted by Gasteiger charge is -2.05. The Bertz CT molecular complexity index is 708. The van der Waals surface area contributed by atoms with Crippen LogP contribution < -0.4 is 4.72 Å². The average molecular weight is 373 g/mol. The highest BCUT2D eigenvalue weighted by Crippen LogP contribution is 2.37. The summed E-state index contributed by atoms with van der Waals surface area (Å²) < 4.78 is 28.5. The number of aryl methyl sites for hydroxylation is 1. The molecule has 2 aromatic rings. The van der Waals surface area contributed by atoms with E-state index < -0.39 is 13.8 Å². The molecule has 10 heteroatoms. The largest absolute Gasteiger partial charge is 0.263 e. The fourth-order valence-corrected chi connectivity index (χ4v) is 3.52. The van der Waals surface area contributed by atoms with Crippen molar-refractivity contribution in [3.63, 3.8) is 0 Å². The number of nitrogens with one attached hydrogen (secondary N) is 1. The number of aromatic nitrogens is 2. The van der Waals surface area contributed by atoms with Crippen LogP contribution >= 0.6 is 46.3 Å². The van der Waals surface area contributed by atoms with Crippen LogP contribution in [0.25, 0.3) is 0 Å². The molecule has 0 spiro atoms. The van der Waals surface area contributed by atoms with Crippen molar-refractivity contribution < 1.29 is 8.42 Å². The van der Waals surface area contributed by atoms with E-state index in [1.165, 1.54) is 12.1 Å². The molecule has 1 heterocycles. The van der Waals surface area contributed by atoms with Crippen molar-refractivity contribution in [2.75, 3.05) is 4.72 Å². The Morgan fingerprint density at radius 1 is 1.20 bits per heavy atom. The standard InChI is InChI=1S/C10H8Cl3N3O2S2/c1-6-2-4-7(5-3-6)20(17,18)16-9-14-8(15-19-9)10(11,12)13/h2-5H,1H3,(H,14,15,16). The number of hydrogen-bond donors (Lipinski definition) is 1. The van der Waals surface area contributed by atoms with Gasteiger partial charge in [0.2, 0.25) is 5.13 Å². The van der Waals surface area contributed by atoms with Gasteiger partial charge in [-0.3, -0.25) is 4.72 Å². The minimum Gasteiger partial charge on any atom is -0.253 e. The lowest BCUT2D eigenvalue weighted by atomic mass is 10.2. The van der Waals surface area contributed by atoms with Crippen LogP contribution in [0.1, 0.15) is 11.4 Å². The van der Waals surface area contributed by atoms with Gasteiger partial charge in [-0.15, -0.1) is 0 Å². The molecule has 0 aliphatic heterocycles. The van der Waals surface area contributed by atoms with Crippen LogP contribution in [0.5, 0.6) is 0 Å². The van der Waals surface area contributed by atoms with Crippen molar-refractivity contribution in [1.29, 1.82) is 0 Å². The van der Waals surface area contributed by atoms with E-state index in [1.54, 1.807) is 12.1 Å². The van der Waals surface area contributed by atoms with Crippen molar-refractivity contribution in [3.05, 3.63) is 35.7 Å². The molecule has 0 aliphatic rings. The van der Waals surface area contributed by atoms with Gasteiger partial charge in [-0.2, -0.15) is 9.36 Å². The molecule has 108 valence electrons. The quantitative estimate of drug-likeness (QED) is 0.837. The van der Waals surface area contributed by atoms with Crippen molar-refractivity contribution >= 4 is 61.5 Å². The molecule has 1 aromatic carbocycles. The summed E-state index contributed by atoms with van der Waals surface area (Å²) in [4.78, 5) is 3.95. The molecule has 0 unspecified atom stereocenters. The van der Waals surface area contributed by atoms with Gasteiger partial charge >= 0.3 is 0 Å². The first-order valence-corrected chi connectivity index (χ1v) is 8.58. The second-order valence-corrected chi connectivity index (χ2v) is 8.55. The van der Waals surface area contributed by atoms with Crippen LogP contribution in [0.4, 0.5) is 5.13 Å². The van der Waals surface area contributed by atoms with E-state index in [1.807, 2.05) is 6.92 Å². The summed E-state index contributed by atoms with van der Waals surface area (Å²) in [6, 6.07) is 6.38. The molecule has 5 nitrogen and oxygen atoms in total. The number of nitrogens with zero attached hydrogens (tertiary/aromatic N) is 2. The van der Waals surface area contributed by atoms with Crippen LogP contribution in [0.15, 0.2) is 29.2 Å². The molecule has 0 radical (unpaired) electrons. The second kappa shape index (κ2) is 5.65. The van der Waals surface area contributed by atoms with Gasteiger partial charge in [-0.05, 0) is 19.1 Å². The Hall–Kier alpha value is -0.600. The zero-order chi connectivity index (χ0) is 15.0. The average Bonchev–Trinajstić information content (AvgIpc) is 2.77. The molecule has 2 rings (SSSR count). The van der Waals surface area contributed by atoms with Gasteiger partial charge in [0.1, 0.15) is 0 Å². The van der Waals surface area contributed by atoms with Gasteiger partial charge in [0, 0.05) is 11.5 Å². The number of rotatable bonds is 3. The molecule has 0 aliphatic carbocycles. The second-order valence-electron chi connectivity index (χ2n) is 3.84. The first-order chi connectivity index (χ1) is 9.18. The smallest absolute Gasteiger partial charge is 0.253 e. The molecule has 0 saturated carbocycles. The van der Waals surface area contributed by atoms with E-state index in [9.17, 15) is 8.42 Å². The fourth-order valence-electron chi connectivity index (χ4n) is 1.27. The van der Waals surface area contributed by atoms with E-state index >= 15 is 0 Å². The summed E-state index contributed by atoms with van der Waals surface area (Å²) >= 11 is 17.6. The highest BCUT2D eigenvalue weighted by Gasteiger charge is 2.29. The minimum atomic E-state index is -3.73. The monoisotopic (exact) mass is 371 g/mol. The zero-order valence-corrected chi connectivity index (χ0v) is 13.9. The van der Waals surface area contributed by atoms with Gasteiger partial charge in [0.15, 0.2) is 5.82 Å². The highest BCUT2D eigenvalue weighted by molar-refractivity contribution is 7.93. The Balaban J connectivity index is 2.25. The van der Waals surface area contributed by atoms with Crippen LogP contribution in [0, 0.1) is 6.92 Å². The third-order valence-corrected chi connectivity index (χ3v) is 4.85. The predicted molar refractivity (Wildman–Crippen MR) is 81.1 cm³/mol. The van der Waals surface area contributed by atoms with E-state index in [0.29, 0.717) is 0 Å². The predicted octanol–water partition coefficient (Wildman–Crippen LogP) is 3.47. The Morgan fingerprint density at radius 2 is 1.80 bits per heavy atom. The van der Waals surface area contributed by atoms with E-state index in [2.05, 4.69) is 14.1 Å². The van der Waals surface area contributed by atoms with Crippen molar-refractivity contribution in [3.8, 4) is 0 Å². The topological polar surface area (TPSA) is 72.0 Å². The molecule has 1 aromatic heterocycles. The van der Waals surface area contributed by atoms with Gasteiger partial charge in [-0.25, -0.2) is 8.42 Å². The number of halogens is 3. The summed E-state index contributed by atoms with van der Waals surface area (Å²) in [7, 11) is -3.73. The summed E-state index contributed by atoms with van der Waals surface area (Å²) in [6.45, 7) is 1.86. The molecule has 20 heavy (non-hydrogen) atoms. The molecule has 0 fully saturated rings. The van der Waals surface area contributed by atoms with Crippen LogP contribution in [0.3, 0.4) is 0 Å². The maximum Gasteiger partial charge on any atom is 0.263 e. The molecule has 0 amide bonds. The summed E-state index contributed by atoms with van der Waals surface area (Å²) in [5.41, 5.74) is 0.957. The first-order valence-electron chi connectivity index (χ1n) is 5.19. The highest BCUT2D eigenvalue weighted by atomic mass is 35.6. The van der Waals surface area contributed by atoms with Crippen molar-refractivity contribution in [2.45, 2.75) is 15.6 Å². The lowest BCUT2D eigenvalue weighted by Crippen LogP contribution is -2.13. The Labute approximate surface area is 135 Å². The number of anilines is 1. The molecular weight excluding hydrogens is 365 g/mol. The minimum absolute atomic E-state index is 0.0342. The van der Waals surface area contributed by atoms with E-state index in [-0.39, 0.29) is 15.9 Å². The first kappa shape index (κ1) is 15.8.